The normalized spacial score (nSPS) is 14.6. The Kier molecular flexibility index (Phi) is 9.60. The van der Waals surface area contributed by atoms with E-state index in [1.807, 2.05) is 18.2 Å². The molecule has 10 nitrogen and oxygen atoms in total. The van der Waals surface area contributed by atoms with Gasteiger partial charge >= 0.3 is 6.03 Å². The fourth-order valence-corrected chi connectivity index (χ4v) is 4.87. The summed E-state index contributed by atoms with van der Waals surface area (Å²) in [6, 6.07) is 12.6. The third-order valence-corrected chi connectivity index (χ3v) is 7.17. The summed E-state index contributed by atoms with van der Waals surface area (Å²) < 4.78 is 35.5. The lowest BCUT2D eigenvalue weighted by Crippen LogP contribution is -2.45. The number of amides is 3. The van der Waals surface area contributed by atoms with Gasteiger partial charge in [0.15, 0.2) is 11.5 Å². The van der Waals surface area contributed by atoms with E-state index in [1.54, 1.807) is 23.3 Å². The molecular formula is C29H32ClFN4O6. The summed E-state index contributed by atoms with van der Waals surface area (Å²) >= 11 is 5.91. The lowest BCUT2D eigenvalue weighted by Gasteiger charge is -2.30. The summed E-state index contributed by atoms with van der Waals surface area (Å²) in [5.41, 5.74) is 1.18. The van der Waals surface area contributed by atoms with Crippen LogP contribution in [0.5, 0.6) is 11.5 Å². The molecule has 3 aromatic rings. The van der Waals surface area contributed by atoms with Gasteiger partial charge in [-0.15, -0.1) is 0 Å². The standard InChI is InChI=1S/C29H32ClFN4O6/c30-24-16-22(5-6-25(24)31)32-29(37)34(9-2-8-33-10-13-38-14-11-33)19-28(36)35(18-23-3-1-12-39-23)17-21-4-7-26-27(15-21)41-20-40-26/h1,3-7,12,15-16H,2,8-11,13-14,17-20H2,(H,32,37). The molecule has 3 amide bonds. The summed E-state index contributed by atoms with van der Waals surface area (Å²) in [5, 5.41) is 2.64. The first-order valence-electron chi connectivity index (χ1n) is 13.4. The summed E-state index contributed by atoms with van der Waals surface area (Å²) in [4.78, 5) is 32.5. The van der Waals surface area contributed by atoms with Crippen molar-refractivity contribution in [1.82, 2.24) is 14.7 Å². The van der Waals surface area contributed by atoms with Gasteiger partial charge in [-0.25, -0.2) is 9.18 Å². The average molecular weight is 587 g/mol. The number of rotatable bonds is 11. The van der Waals surface area contributed by atoms with E-state index in [0.29, 0.717) is 49.1 Å². The average Bonchev–Trinajstić information content (AvgIpc) is 3.66. The highest BCUT2D eigenvalue weighted by Gasteiger charge is 2.24. The van der Waals surface area contributed by atoms with E-state index in [2.05, 4.69) is 10.2 Å². The van der Waals surface area contributed by atoms with Crippen molar-refractivity contribution in [3.63, 3.8) is 0 Å². The van der Waals surface area contributed by atoms with E-state index in [9.17, 15) is 14.0 Å². The number of nitrogens with zero attached hydrogens (tertiary/aromatic N) is 3. The molecule has 218 valence electrons. The van der Waals surface area contributed by atoms with Crippen LogP contribution in [0.15, 0.2) is 59.2 Å². The number of hydrogen-bond acceptors (Lipinski definition) is 7. The predicted octanol–water partition coefficient (Wildman–Crippen LogP) is 4.59. The lowest BCUT2D eigenvalue weighted by molar-refractivity contribution is -0.133. The number of furan rings is 1. The monoisotopic (exact) mass is 586 g/mol. The van der Waals surface area contributed by atoms with Crippen LogP contribution in [0.4, 0.5) is 14.9 Å². The summed E-state index contributed by atoms with van der Waals surface area (Å²) in [7, 11) is 0. The van der Waals surface area contributed by atoms with Crippen LogP contribution in [0.2, 0.25) is 5.02 Å². The molecule has 1 fully saturated rings. The second-order valence-electron chi connectivity index (χ2n) is 9.80. The van der Waals surface area contributed by atoms with Crippen LogP contribution >= 0.6 is 11.6 Å². The maximum atomic E-state index is 13.7. The van der Waals surface area contributed by atoms with Gasteiger partial charge in [-0.3, -0.25) is 9.69 Å². The van der Waals surface area contributed by atoms with Crippen molar-refractivity contribution < 1.29 is 32.6 Å². The number of carbonyl (C=O) groups excluding carboxylic acids is 2. The molecule has 41 heavy (non-hydrogen) atoms. The first-order chi connectivity index (χ1) is 19.9. The van der Waals surface area contributed by atoms with Crippen molar-refractivity contribution in [2.24, 2.45) is 0 Å². The zero-order valence-electron chi connectivity index (χ0n) is 22.5. The third-order valence-electron chi connectivity index (χ3n) is 6.88. The number of nitrogens with one attached hydrogen (secondary N) is 1. The molecule has 2 aromatic carbocycles. The van der Waals surface area contributed by atoms with Gasteiger partial charge in [-0.1, -0.05) is 17.7 Å². The number of morpholine rings is 1. The van der Waals surface area contributed by atoms with Crippen molar-refractivity contribution in [3.05, 3.63) is 77.0 Å². The highest BCUT2D eigenvalue weighted by Crippen LogP contribution is 2.33. The maximum absolute atomic E-state index is 13.7. The molecule has 12 heteroatoms. The molecular weight excluding hydrogens is 555 g/mol. The molecule has 2 aliphatic rings. The lowest BCUT2D eigenvalue weighted by atomic mass is 10.2. The molecule has 1 N–H and O–H groups in total. The van der Waals surface area contributed by atoms with E-state index >= 15 is 0 Å². The van der Waals surface area contributed by atoms with Crippen LogP contribution in [-0.4, -0.2) is 79.4 Å². The number of urea groups is 1. The van der Waals surface area contributed by atoms with Crippen LogP contribution in [0, 0.1) is 5.82 Å². The van der Waals surface area contributed by atoms with Crippen LogP contribution < -0.4 is 14.8 Å². The molecule has 0 radical (unpaired) electrons. The zero-order chi connectivity index (χ0) is 28.6. The van der Waals surface area contributed by atoms with E-state index in [0.717, 1.165) is 25.2 Å². The number of benzene rings is 2. The Morgan fingerprint density at radius 1 is 1.00 bits per heavy atom. The quantitative estimate of drug-likeness (QED) is 0.351. The minimum absolute atomic E-state index is 0.105. The Morgan fingerprint density at radius 3 is 2.61 bits per heavy atom. The number of hydrogen-bond donors (Lipinski definition) is 1. The number of carbonyl (C=O) groups is 2. The fraction of sp³-hybridized carbons (Fsp3) is 0.379. The second-order valence-corrected chi connectivity index (χ2v) is 10.2. The summed E-state index contributed by atoms with van der Waals surface area (Å²) in [6.07, 6.45) is 2.21. The topological polar surface area (TPSA) is 96.7 Å². The molecule has 1 saturated heterocycles. The minimum atomic E-state index is -0.584. The largest absolute Gasteiger partial charge is 0.467 e. The Balaban J connectivity index is 1.30. The van der Waals surface area contributed by atoms with Crippen molar-refractivity contribution in [3.8, 4) is 11.5 Å². The van der Waals surface area contributed by atoms with Crippen molar-refractivity contribution >= 4 is 29.2 Å². The number of anilines is 1. The van der Waals surface area contributed by atoms with Crippen molar-refractivity contribution in [1.29, 1.82) is 0 Å². The minimum Gasteiger partial charge on any atom is -0.467 e. The molecule has 2 aliphatic heterocycles. The van der Waals surface area contributed by atoms with Gasteiger partial charge in [0.2, 0.25) is 12.7 Å². The first kappa shape index (κ1) is 28.7. The van der Waals surface area contributed by atoms with Crippen LogP contribution in [-0.2, 0) is 22.6 Å². The molecule has 0 saturated carbocycles. The number of ether oxygens (including phenoxy) is 3. The van der Waals surface area contributed by atoms with Gasteiger partial charge in [0.25, 0.3) is 0 Å². The van der Waals surface area contributed by atoms with Gasteiger partial charge in [0.05, 0.1) is 31.0 Å². The SMILES string of the molecule is O=C(CN(CCCN1CCOCC1)C(=O)Nc1ccc(F)c(Cl)c1)N(Cc1ccc2c(c1)OCO2)Cc1ccco1. The molecule has 0 aliphatic carbocycles. The molecule has 0 atom stereocenters. The molecule has 0 bridgehead atoms. The Bertz CT molecular complexity index is 1330. The second kappa shape index (κ2) is 13.7. The first-order valence-corrected chi connectivity index (χ1v) is 13.8. The summed E-state index contributed by atoms with van der Waals surface area (Å²) in [5.74, 6) is 1.04. The van der Waals surface area contributed by atoms with Crippen molar-refractivity contribution in [2.75, 3.05) is 58.0 Å². The maximum Gasteiger partial charge on any atom is 0.322 e. The predicted molar refractivity (Wildman–Crippen MR) is 149 cm³/mol. The van der Waals surface area contributed by atoms with Crippen LogP contribution in [0.3, 0.4) is 0 Å². The van der Waals surface area contributed by atoms with Crippen LogP contribution in [0.1, 0.15) is 17.7 Å². The Hall–Kier alpha value is -3.80. The van der Waals surface area contributed by atoms with Gasteiger partial charge in [-0.05, 0) is 54.4 Å². The summed E-state index contributed by atoms with van der Waals surface area (Å²) in [6.45, 7) is 4.57. The highest BCUT2D eigenvalue weighted by molar-refractivity contribution is 6.31. The molecule has 0 spiro atoms. The van der Waals surface area contributed by atoms with E-state index in [1.165, 1.54) is 23.1 Å². The smallest absolute Gasteiger partial charge is 0.322 e. The van der Waals surface area contributed by atoms with E-state index in [4.69, 9.17) is 30.2 Å². The van der Waals surface area contributed by atoms with Gasteiger partial charge in [-0.2, -0.15) is 0 Å². The Morgan fingerprint density at radius 2 is 1.83 bits per heavy atom. The van der Waals surface area contributed by atoms with Gasteiger partial charge in [0.1, 0.15) is 18.1 Å². The van der Waals surface area contributed by atoms with E-state index < -0.39 is 11.8 Å². The Labute approximate surface area is 242 Å². The van der Waals surface area contributed by atoms with E-state index in [-0.39, 0.29) is 37.4 Å². The molecule has 3 heterocycles. The third kappa shape index (κ3) is 7.90. The van der Waals surface area contributed by atoms with Crippen molar-refractivity contribution in [2.45, 2.75) is 19.5 Å². The molecule has 0 unspecified atom stereocenters. The van der Waals surface area contributed by atoms with Crippen LogP contribution in [0.25, 0.3) is 0 Å². The number of fused-ring (bicyclic) bond motifs is 1. The number of halogens is 2. The highest BCUT2D eigenvalue weighted by atomic mass is 35.5. The van der Waals surface area contributed by atoms with Gasteiger partial charge < -0.3 is 33.7 Å². The fourth-order valence-electron chi connectivity index (χ4n) is 4.68. The van der Waals surface area contributed by atoms with Gasteiger partial charge in [0, 0.05) is 38.4 Å². The molecule has 1 aromatic heterocycles. The molecule has 5 rings (SSSR count). The zero-order valence-corrected chi connectivity index (χ0v) is 23.3.